The van der Waals surface area contributed by atoms with Gasteiger partial charge in [-0.2, -0.15) is 0 Å². The molecule has 0 aliphatic carbocycles. The summed E-state index contributed by atoms with van der Waals surface area (Å²) in [6.07, 6.45) is 4.73. The Labute approximate surface area is 115 Å². The summed E-state index contributed by atoms with van der Waals surface area (Å²) in [5.74, 6) is 1.04. The minimum absolute atomic E-state index is 0.356. The molecule has 0 bridgehead atoms. The summed E-state index contributed by atoms with van der Waals surface area (Å²) in [6.45, 7) is 8.75. The number of nitrogens with zero attached hydrogens (tertiary/aromatic N) is 1. The normalized spacial score (nSPS) is 25.1. The van der Waals surface area contributed by atoms with Crippen molar-refractivity contribution >= 4 is 17.7 Å². The van der Waals surface area contributed by atoms with Gasteiger partial charge in [-0.15, -0.1) is 11.8 Å². The standard InChI is InChI=1S/C14H26N2OS/c1-14(2)5-9-16(10-6-14)13(17)11-18-12-3-7-15-8-4-12/h12,15H,3-11H2,1-2H3. The van der Waals surface area contributed by atoms with Crippen molar-refractivity contribution in [3.63, 3.8) is 0 Å². The highest BCUT2D eigenvalue weighted by Gasteiger charge is 2.28. The maximum absolute atomic E-state index is 12.1. The zero-order valence-electron chi connectivity index (χ0n) is 11.7. The Balaban J connectivity index is 1.68. The molecule has 2 rings (SSSR count). The summed E-state index contributed by atoms with van der Waals surface area (Å²) < 4.78 is 0. The van der Waals surface area contributed by atoms with Crippen LogP contribution in [0.1, 0.15) is 39.5 Å². The lowest BCUT2D eigenvalue weighted by Gasteiger charge is -2.37. The molecule has 104 valence electrons. The van der Waals surface area contributed by atoms with Crippen LogP contribution in [0.15, 0.2) is 0 Å². The van der Waals surface area contributed by atoms with Crippen LogP contribution in [0.25, 0.3) is 0 Å². The summed E-state index contributed by atoms with van der Waals surface area (Å²) >= 11 is 1.87. The van der Waals surface area contributed by atoms with Crippen LogP contribution in [0.3, 0.4) is 0 Å². The molecular formula is C14H26N2OS. The molecule has 18 heavy (non-hydrogen) atoms. The average molecular weight is 270 g/mol. The van der Waals surface area contributed by atoms with Gasteiger partial charge in [-0.3, -0.25) is 4.79 Å². The van der Waals surface area contributed by atoms with Crippen LogP contribution in [0.2, 0.25) is 0 Å². The van der Waals surface area contributed by atoms with Gasteiger partial charge in [0.05, 0.1) is 5.75 Å². The Kier molecular flexibility index (Phi) is 4.96. The number of thioether (sulfide) groups is 1. The number of likely N-dealkylation sites (tertiary alicyclic amines) is 1. The zero-order valence-corrected chi connectivity index (χ0v) is 12.5. The number of carbonyl (C=O) groups is 1. The minimum Gasteiger partial charge on any atom is -0.342 e. The molecule has 0 aromatic carbocycles. The zero-order chi connectivity index (χ0) is 13.0. The van der Waals surface area contributed by atoms with Crippen molar-refractivity contribution in [2.24, 2.45) is 5.41 Å². The van der Waals surface area contributed by atoms with E-state index in [0.717, 1.165) is 39.0 Å². The number of hydrogen-bond donors (Lipinski definition) is 1. The first kappa shape index (κ1) is 14.2. The van der Waals surface area contributed by atoms with Crippen molar-refractivity contribution in [3.8, 4) is 0 Å². The average Bonchev–Trinajstić information content (AvgIpc) is 2.37. The largest absolute Gasteiger partial charge is 0.342 e. The first-order valence-corrected chi connectivity index (χ1v) is 8.22. The van der Waals surface area contributed by atoms with Gasteiger partial charge in [-0.1, -0.05) is 13.8 Å². The fraction of sp³-hybridized carbons (Fsp3) is 0.929. The van der Waals surface area contributed by atoms with Gasteiger partial charge in [0.25, 0.3) is 0 Å². The monoisotopic (exact) mass is 270 g/mol. The van der Waals surface area contributed by atoms with Gasteiger partial charge < -0.3 is 10.2 Å². The van der Waals surface area contributed by atoms with Gasteiger partial charge >= 0.3 is 0 Å². The number of nitrogens with one attached hydrogen (secondary N) is 1. The number of carbonyl (C=O) groups excluding carboxylic acids is 1. The molecule has 0 aromatic heterocycles. The molecule has 2 fully saturated rings. The molecule has 2 aliphatic rings. The maximum atomic E-state index is 12.1. The Morgan fingerprint density at radius 2 is 1.89 bits per heavy atom. The SMILES string of the molecule is CC1(C)CCN(C(=O)CSC2CCNCC2)CC1. The molecule has 4 heteroatoms. The lowest BCUT2D eigenvalue weighted by atomic mass is 9.83. The Morgan fingerprint density at radius 3 is 2.50 bits per heavy atom. The maximum Gasteiger partial charge on any atom is 0.232 e. The molecule has 0 radical (unpaired) electrons. The van der Waals surface area contributed by atoms with Crippen LogP contribution in [-0.2, 0) is 4.79 Å². The number of piperidine rings is 2. The minimum atomic E-state index is 0.356. The van der Waals surface area contributed by atoms with E-state index in [9.17, 15) is 4.79 Å². The topological polar surface area (TPSA) is 32.3 Å². The molecule has 2 aliphatic heterocycles. The van der Waals surface area contributed by atoms with E-state index >= 15 is 0 Å². The van der Waals surface area contributed by atoms with E-state index in [1.807, 2.05) is 11.8 Å². The fourth-order valence-corrected chi connectivity index (χ4v) is 3.73. The molecule has 0 aromatic rings. The van der Waals surface area contributed by atoms with Crippen molar-refractivity contribution in [1.82, 2.24) is 10.2 Å². The van der Waals surface area contributed by atoms with E-state index in [1.165, 1.54) is 12.8 Å². The first-order valence-electron chi connectivity index (χ1n) is 7.17. The van der Waals surface area contributed by atoms with Gasteiger partial charge in [0.2, 0.25) is 5.91 Å². The number of rotatable bonds is 3. The smallest absolute Gasteiger partial charge is 0.232 e. The molecule has 0 spiro atoms. The van der Waals surface area contributed by atoms with Gasteiger partial charge in [0, 0.05) is 18.3 Å². The van der Waals surface area contributed by atoms with E-state index in [2.05, 4.69) is 24.1 Å². The Hall–Kier alpha value is -0.220. The van der Waals surface area contributed by atoms with E-state index < -0.39 is 0 Å². The molecular weight excluding hydrogens is 244 g/mol. The number of hydrogen-bond acceptors (Lipinski definition) is 3. The quantitative estimate of drug-likeness (QED) is 0.852. The molecule has 2 saturated heterocycles. The molecule has 0 unspecified atom stereocenters. The highest BCUT2D eigenvalue weighted by Crippen LogP contribution is 2.30. The van der Waals surface area contributed by atoms with Crippen molar-refractivity contribution in [1.29, 1.82) is 0 Å². The molecule has 1 N–H and O–H groups in total. The van der Waals surface area contributed by atoms with Crippen molar-refractivity contribution < 1.29 is 4.79 Å². The predicted molar refractivity (Wildman–Crippen MR) is 77.9 cm³/mol. The van der Waals surface area contributed by atoms with Crippen molar-refractivity contribution in [2.75, 3.05) is 31.9 Å². The molecule has 0 saturated carbocycles. The summed E-state index contributed by atoms with van der Waals surface area (Å²) in [5.41, 5.74) is 0.430. The summed E-state index contributed by atoms with van der Waals surface area (Å²) in [6, 6.07) is 0. The summed E-state index contributed by atoms with van der Waals surface area (Å²) in [4.78, 5) is 14.2. The van der Waals surface area contributed by atoms with Crippen molar-refractivity contribution in [2.45, 2.75) is 44.8 Å². The molecule has 0 atom stereocenters. The fourth-order valence-electron chi connectivity index (χ4n) is 2.60. The van der Waals surface area contributed by atoms with E-state index in [0.29, 0.717) is 22.3 Å². The second kappa shape index (κ2) is 6.29. The van der Waals surface area contributed by atoms with Crippen molar-refractivity contribution in [3.05, 3.63) is 0 Å². The summed E-state index contributed by atoms with van der Waals surface area (Å²) in [7, 11) is 0. The highest BCUT2D eigenvalue weighted by atomic mass is 32.2. The van der Waals surface area contributed by atoms with Gasteiger partial charge in [-0.25, -0.2) is 0 Å². The Bertz CT molecular complexity index is 278. The van der Waals surface area contributed by atoms with E-state index in [4.69, 9.17) is 0 Å². The van der Waals surface area contributed by atoms with Crippen LogP contribution in [0, 0.1) is 5.41 Å². The molecule has 1 amide bonds. The first-order chi connectivity index (χ1) is 8.57. The van der Waals surface area contributed by atoms with Crippen LogP contribution in [-0.4, -0.2) is 48.0 Å². The van der Waals surface area contributed by atoms with Gasteiger partial charge in [-0.05, 0) is 44.2 Å². The second-order valence-corrected chi connectivity index (χ2v) is 7.59. The molecule has 2 heterocycles. The number of amides is 1. The lowest BCUT2D eigenvalue weighted by Crippen LogP contribution is -2.42. The Morgan fingerprint density at radius 1 is 1.28 bits per heavy atom. The van der Waals surface area contributed by atoms with Gasteiger partial charge in [0.15, 0.2) is 0 Å². The lowest BCUT2D eigenvalue weighted by molar-refractivity contribution is -0.130. The molecule has 3 nitrogen and oxygen atoms in total. The third kappa shape index (κ3) is 4.16. The second-order valence-electron chi connectivity index (χ2n) is 6.31. The predicted octanol–water partition coefficient (Wildman–Crippen LogP) is 2.12. The third-order valence-electron chi connectivity index (χ3n) is 4.20. The van der Waals surface area contributed by atoms with Crippen LogP contribution >= 0.6 is 11.8 Å². The summed E-state index contributed by atoms with van der Waals surface area (Å²) in [5, 5.41) is 4.06. The third-order valence-corrected chi connectivity index (χ3v) is 5.55. The highest BCUT2D eigenvalue weighted by molar-refractivity contribution is 8.00. The van der Waals surface area contributed by atoms with Crippen LogP contribution < -0.4 is 5.32 Å². The van der Waals surface area contributed by atoms with Gasteiger partial charge in [0.1, 0.15) is 0 Å². The van der Waals surface area contributed by atoms with Crippen LogP contribution in [0.4, 0.5) is 0 Å². The van der Waals surface area contributed by atoms with Crippen LogP contribution in [0.5, 0.6) is 0 Å². The van der Waals surface area contributed by atoms with E-state index in [-0.39, 0.29) is 0 Å². The van der Waals surface area contributed by atoms with E-state index in [1.54, 1.807) is 0 Å².